The minimum Gasteiger partial charge on any atom is -0.394 e. The molecule has 20 heavy (non-hydrogen) atoms. The van der Waals surface area contributed by atoms with E-state index in [-0.39, 0.29) is 0 Å². The summed E-state index contributed by atoms with van der Waals surface area (Å²) in [5.41, 5.74) is 10.4. The summed E-state index contributed by atoms with van der Waals surface area (Å²) in [5.74, 6) is 1.01. The van der Waals surface area contributed by atoms with Crippen LogP contribution in [-0.2, 0) is 6.54 Å². The second-order valence-electron chi connectivity index (χ2n) is 5.13. The third-order valence-electron chi connectivity index (χ3n) is 3.47. The average molecular weight is 272 g/mol. The van der Waals surface area contributed by atoms with Crippen LogP contribution in [0.4, 0.5) is 17.2 Å². The first kappa shape index (κ1) is 14.4. The fourth-order valence-electron chi connectivity index (χ4n) is 2.49. The molecule has 0 amide bonds. The van der Waals surface area contributed by atoms with E-state index in [0.717, 1.165) is 42.4 Å². The molecule has 0 radical (unpaired) electrons. The largest absolute Gasteiger partial charge is 0.394 e. The first-order valence-electron chi connectivity index (χ1n) is 7.25. The zero-order chi connectivity index (χ0) is 14.7. The van der Waals surface area contributed by atoms with Crippen molar-refractivity contribution in [3.63, 3.8) is 0 Å². The van der Waals surface area contributed by atoms with Crippen molar-refractivity contribution in [2.45, 2.75) is 40.7 Å². The zero-order valence-corrected chi connectivity index (χ0v) is 12.8. The fraction of sp³-hybridized carbons (Fsp3) is 0.438. The van der Waals surface area contributed by atoms with Crippen molar-refractivity contribution in [3.05, 3.63) is 35.5 Å². The summed E-state index contributed by atoms with van der Waals surface area (Å²) in [6, 6.07) is 8.49. The number of anilines is 3. The monoisotopic (exact) mass is 272 g/mol. The van der Waals surface area contributed by atoms with Gasteiger partial charge in [0, 0.05) is 18.8 Å². The zero-order valence-electron chi connectivity index (χ0n) is 12.8. The van der Waals surface area contributed by atoms with Gasteiger partial charge in [0.25, 0.3) is 0 Å². The Morgan fingerprint density at radius 1 is 1.25 bits per heavy atom. The van der Waals surface area contributed by atoms with E-state index in [1.54, 1.807) is 0 Å². The maximum absolute atomic E-state index is 6.26. The third kappa shape index (κ3) is 2.64. The number of hydrogen-bond donors (Lipinski definition) is 1. The molecule has 2 aromatic rings. The molecule has 0 fully saturated rings. The molecule has 0 saturated carbocycles. The van der Waals surface area contributed by atoms with Crippen molar-refractivity contribution in [1.29, 1.82) is 0 Å². The molecule has 2 rings (SSSR count). The lowest BCUT2D eigenvalue weighted by Gasteiger charge is -2.25. The van der Waals surface area contributed by atoms with Crippen LogP contribution in [-0.4, -0.2) is 16.3 Å². The van der Waals surface area contributed by atoms with Gasteiger partial charge in [0.15, 0.2) is 5.82 Å². The molecule has 0 aliphatic carbocycles. The van der Waals surface area contributed by atoms with Crippen LogP contribution < -0.4 is 10.6 Å². The summed E-state index contributed by atoms with van der Waals surface area (Å²) in [5, 5.41) is 4.57. The van der Waals surface area contributed by atoms with Gasteiger partial charge in [-0.05, 0) is 44.9 Å². The molecule has 0 unspecified atom stereocenters. The molecule has 2 N–H and O–H groups in total. The van der Waals surface area contributed by atoms with Gasteiger partial charge in [-0.2, -0.15) is 5.10 Å². The molecule has 0 spiro atoms. The highest BCUT2D eigenvalue weighted by molar-refractivity contribution is 5.73. The van der Waals surface area contributed by atoms with Crippen molar-refractivity contribution in [2.24, 2.45) is 0 Å². The SMILES string of the molecule is CCCn1nc(C)c(N)c1N(CC)c1cccc(C)c1. The molecule has 1 aromatic heterocycles. The fourth-order valence-corrected chi connectivity index (χ4v) is 2.49. The Kier molecular flexibility index (Phi) is 4.32. The first-order valence-corrected chi connectivity index (χ1v) is 7.25. The van der Waals surface area contributed by atoms with E-state index in [1.165, 1.54) is 5.56 Å². The predicted molar refractivity (Wildman–Crippen MR) is 85.5 cm³/mol. The topological polar surface area (TPSA) is 47.1 Å². The Balaban J connectivity index is 2.51. The summed E-state index contributed by atoms with van der Waals surface area (Å²) in [4.78, 5) is 2.23. The summed E-state index contributed by atoms with van der Waals surface area (Å²) in [6.07, 6.45) is 1.04. The number of nitrogen functional groups attached to an aromatic ring is 1. The minimum absolute atomic E-state index is 0.779. The number of aryl methyl sites for hydroxylation is 3. The van der Waals surface area contributed by atoms with Crippen LogP contribution >= 0.6 is 0 Å². The van der Waals surface area contributed by atoms with Crippen molar-refractivity contribution in [1.82, 2.24) is 9.78 Å². The maximum atomic E-state index is 6.26. The Morgan fingerprint density at radius 3 is 2.60 bits per heavy atom. The Hall–Kier alpha value is -1.97. The third-order valence-corrected chi connectivity index (χ3v) is 3.47. The number of rotatable bonds is 5. The highest BCUT2D eigenvalue weighted by Crippen LogP contribution is 2.32. The van der Waals surface area contributed by atoms with Crippen LogP contribution in [0, 0.1) is 13.8 Å². The highest BCUT2D eigenvalue weighted by atomic mass is 15.4. The number of nitrogens with two attached hydrogens (primary N) is 1. The molecule has 0 bridgehead atoms. The van der Waals surface area contributed by atoms with Gasteiger partial charge in [-0.25, -0.2) is 4.68 Å². The molecular formula is C16H24N4. The lowest BCUT2D eigenvalue weighted by Crippen LogP contribution is -2.21. The summed E-state index contributed by atoms with van der Waals surface area (Å²) in [7, 11) is 0. The van der Waals surface area contributed by atoms with E-state index in [4.69, 9.17) is 5.73 Å². The number of aromatic nitrogens is 2. The van der Waals surface area contributed by atoms with Gasteiger partial charge in [0.05, 0.1) is 11.4 Å². The van der Waals surface area contributed by atoms with E-state index < -0.39 is 0 Å². The molecule has 0 aliphatic rings. The molecule has 0 saturated heterocycles. The van der Waals surface area contributed by atoms with Crippen molar-refractivity contribution in [2.75, 3.05) is 17.2 Å². The molecule has 0 aliphatic heterocycles. The second kappa shape index (κ2) is 5.99. The van der Waals surface area contributed by atoms with Crippen LogP contribution in [0.3, 0.4) is 0 Å². The van der Waals surface area contributed by atoms with Gasteiger partial charge < -0.3 is 10.6 Å². The molecule has 4 nitrogen and oxygen atoms in total. The Morgan fingerprint density at radius 2 is 2.00 bits per heavy atom. The molecule has 4 heteroatoms. The van der Waals surface area contributed by atoms with Gasteiger partial charge in [0.1, 0.15) is 0 Å². The van der Waals surface area contributed by atoms with Crippen LogP contribution in [0.5, 0.6) is 0 Å². The molecule has 108 valence electrons. The van der Waals surface area contributed by atoms with Crippen LogP contribution in [0.15, 0.2) is 24.3 Å². The maximum Gasteiger partial charge on any atom is 0.155 e. The van der Waals surface area contributed by atoms with E-state index in [1.807, 2.05) is 11.6 Å². The first-order chi connectivity index (χ1) is 9.58. The molecule has 1 heterocycles. The normalized spacial score (nSPS) is 10.8. The van der Waals surface area contributed by atoms with E-state index >= 15 is 0 Å². The van der Waals surface area contributed by atoms with Gasteiger partial charge in [-0.3, -0.25) is 0 Å². The molecule has 0 atom stereocenters. The number of nitrogens with zero attached hydrogens (tertiary/aromatic N) is 3. The highest BCUT2D eigenvalue weighted by Gasteiger charge is 2.19. The lowest BCUT2D eigenvalue weighted by molar-refractivity contribution is 0.596. The summed E-state index contributed by atoms with van der Waals surface area (Å²) >= 11 is 0. The predicted octanol–water partition coefficient (Wildman–Crippen LogP) is 3.65. The summed E-state index contributed by atoms with van der Waals surface area (Å²) in [6.45, 7) is 10.1. The molecule has 1 aromatic carbocycles. The van der Waals surface area contributed by atoms with Gasteiger partial charge in [0.2, 0.25) is 0 Å². The Labute approximate surface area is 121 Å². The van der Waals surface area contributed by atoms with Crippen molar-refractivity contribution >= 4 is 17.2 Å². The standard InChI is InChI=1S/C16H24N4/c1-5-10-20-16(15(17)13(4)18-20)19(6-2)14-9-7-8-12(3)11-14/h7-9,11H,5-6,10,17H2,1-4H3. The second-order valence-corrected chi connectivity index (χ2v) is 5.13. The summed E-state index contributed by atoms with van der Waals surface area (Å²) < 4.78 is 2.02. The van der Waals surface area contributed by atoms with Crippen molar-refractivity contribution < 1.29 is 0 Å². The van der Waals surface area contributed by atoms with Crippen molar-refractivity contribution in [3.8, 4) is 0 Å². The molecular weight excluding hydrogens is 248 g/mol. The van der Waals surface area contributed by atoms with Crippen LogP contribution in [0.2, 0.25) is 0 Å². The minimum atomic E-state index is 0.779. The van der Waals surface area contributed by atoms with Gasteiger partial charge >= 0.3 is 0 Å². The Bertz CT molecular complexity index is 586. The van der Waals surface area contributed by atoms with Crippen LogP contribution in [0.25, 0.3) is 0 Å². The quantitative estimate of drug-likeness (QED) is 0.903. The average Bonchev–Trinajstić information content (AvgIpc) is 2.68. The lowest BCUT2D eigenvalue weighted by atomic mass is 10.2. The van der Waals surface area contributed by atoms with E-state index in [0.29, 0.717) is 0 Å². The number of hydrogen-bond acceptors (Lipinski definition) is 3. The van der Waals surface area contributed by atoms with Gasteiger partial charge in [-0.15, -0.1) is 0 Å². The van der Waals surface area contributed by atoms with Gasteiger partial charge in [-0.1, -0.05) is 19.1 Å². The smallest absolute Gasteiger partial charge is 0.155 e. The van der Waals surface area contributed by atoms with E-state index in [2.05, 4.69) is 55.0 Å². The van der Waals surface area contributed by atoms with Crippen LogP contribution in [0.1, 0.15) is 31.5 Å². The van der Waals surface area contributed by atoms with E-state index in [9.17, 15) is 0 Å². The number of benzene rings is 1.